The molecule has 0 aliphatic heterocycles. The fraction of sp³-hybridized carbons (Fsp3) is 0.143. The van der Waals surface area contributed by atoms with Crippen LogP contribution in [0.25, 0.3) is 11.1 Å². The summed E-state index contributed by atoms with van der Waals surface area (Å²) in [5.74, 6) is 0.463. The topological polar surface area (TPSA) is 21.3 Å². The molecule has 0 aliphatic carbocycles. The van der Waals surface area contributed by atoms with Crippen LogP contribution >= 0.6 is 11.6 Å². The van der Waals surface area contributed by atoms with Crippen molar-refractivity contribution < 1.29 is 9.13 Å². The third kappa shape index (κ3) is 4.38. The molecule has 0 saturated heterocycles. The predicted molar refractivity (Wildman–Crippen MR) is 100 cm³/mol. The van der Waals surface area contributed by atoms with Gasteiger partial charge in [-0.15, -0.1) is 0 Å². The van der Waals surface area contributed by atoms with Gasteiger partial charge in [0.25, 0.3) is 0 Å². The summed E-state index contributed by atoms with van der Waals surface area (Å²) >= 11 is 6.27. The van der Waals surface area contributed by atoms with E-state index in [1.54, 1.807) is 6.07 Å². The average Bonchev–Trinajstić information content (AvgIpc) is 2.63. The summed E-state index contributed by atoms with van der Waals surface area (Å²) < 4.78 is 19.5. The number of rotatable bonds is 6. The highest BCUT2D eigenvalue weighted by Gasteiger charge is 2.11. The van der Waals surface area contributed by atoms with Crippen LogP contribution in [-0.2, 0) is 13.2 Å². The van der Waals surface area contributed by atoms with Crippen LogP contribution in [0.1, 0.15) is 11.1 Å². The minimum absolute atomic E-state index is 0.306. The molecule has 0 fully saturated rings. The predicted octanol–water partition coefficient (Wildman–Crippen LogP) is 5.44. The monoisotopic (exact) mass is 355 g/mol. The molecule has 0 bridgehead atoms. The van der Waals surface area contributed by atoms with Gasteiger partial charge in [0.05, 0.1) is 0 Å². The van der Waals surface area contributed by atoms with Crippen LogP contribution in [0.2, 0.25) is 5.02 Å². The van der Waals surface area contributed by atoms with Crippen molar-refractivity contribution in [2.24, 2.45) is 0 Å². The van der Waals surface area contributed by atoms with Crippen LogP contribution in [0, 0.1) is 5.82 Å². The molecule has 25 heavy (non-hydrogen) atoms. The van der Waals surface area contributed by atoms with Crippen molar-refractivity contribution in [2.75, 3.05) is 7.05 Å². The van der Waals surface area contributed by atoms with Gasteiger partial charge in [0.1, 0.15) is 18.2 Å². The van der Waals surface area contributed by atoms with Gasteiger partial charge in [-0.25, -0.2) is 4.39 Å². The Hall–Kier alpha value is -2.36. The minimum Gasteiger partial charge on any atom is -0.489 e. The second-order valence-corrected chi connectivity index (χ2v) is 6.15. The molecule has 0 spiro atoms. The van der Waals surface area contributed by atoms with Crippen LogP contribution in [0.5, 0.6) is 5.75 Å². The Kier molecular flexibility index (Phi) is 5.69. The number of hydrogen-bond donors (Lipinski definition) is 1. The van der Waals surface area contributed by atoms with Crippen molar-refractivity contribution in [1.29, 1.82) is 0 Å². The van der Waals surface area contributed by atoms with Crippen molar-refractivity contribution in [3.8, 4) is 16.9 Å². The highest BCUT2D eigenvalue weighted by atomic mass is 35.5. The fourth-order valence-corrected chi connectivity index (χ4v) is 2.92. The van der Waals surface area contributed by atoms with E-state index in [1.165, 1.54) is 12.1 Å². The SMILES string of the molecule is CNCc1cc(OCc2ccccc2)ccc1-c1cc(F)ccc1Cl. The van der Waals surface area contributed by atoms with Crippen molar-refractivity contribution >= 4 is 11.6 Å². The first kappa shape index (κ1) is 17.5. The van der Waals surface area contributed by atoms with E-state index in [1.807, 2.05) is 55.6 Å². The van der Waals surface area contributed by atoms with E-state index in [-0.39, 0.29) is 5.82 Å². The van der Waals surface area contributed by atoms with Crippen molar-refractivity contribution in [2.45, 2.75) is 13.2 Å². The molecule has 3 rings (SSSR count). The maximum absolute atomic E-state index is 13.6. The summed E-state index contributed by atoms with van der Waals surface area (Å²) in [6, 6.07) is 20.2. The zero-order chi connectivity index (χ0) is 17.6. The molecule has 0 radical (unpaired) electrons. The standard InChI is InChI=1S/C21H19ClFNO/c1-24-13-16-11-18(25-14-15-5-3-2-4-6-15)8-9-19(16)20-12-17(23)7-10-21(20)22/h2-12,24H,13-14H2,1H3. The molecule has 128 valence electrons. The summed E-state index contributed by atoms with van der Waals surface area (Å²) in [4.78, 5) is 0. The first-order valence-corrected chi connectivity index (χ1v) is 8.45. The molecule has 1 N–H and O–H groups in total. The molecule has 0 atom stereocenters. The number of benzene rings is 3. The van der Waals surface area contributed by atoms with Gasteiger partial charge in [-0.2, -0.15) is 0 Å². The van der Waals surface area contributed by atoms with Gasteiger partial charge in [0.15, 0.2) is 0 Å². The van der Waals surface area contributed by atoms with E-state index >= 15 is 0 Å². The highest BCUT2D eigenvalue weighted by molar-refractivity contribution is 6.33. The third-order valence-electron chi connectivity index (χ3n) is 3.91. The summed E-state index contributed by atoms with van der Waals surface area (Å²) in [7, 11) is 1.87. The zero-order valence-electron chi connectivity index (χ0n) is 13.9. The molecule has 2 nitrogen and oxygen atoms in total. The molecule has 0 aliphatic rings. The van der Waals surface area contributed by atoms with E-state index < -0.39 is 0 Å². The summed E-state index contributed by atoms with van der Waals surface area (Å²) in [6.07, 6.45) is 0. The first-order valence-electron chi connectivity index (χ1n) is 8.07. The van der Waals surface area contributed by atoms with Gasteiger partial charge in [-0.1, -0.05) is 48.0 Å². The van der Waals surface area contributed by atoms with Crippen molar-refractivity contribution in [3.63, 3.8) is 0 Å². The van der Waals surface area contributed by atoms with Crippen LogP contribution in [0.4, 0.5) is 4.39 Å². The highest BCUT2D eigenvalue weighted by Crippen LogP contribution is 2.33. The summed E-state index contributed by atoms with van der Waals surface area (Å²) in [5, 5.41) is 3.66. The van der Waals surface area contributed by atoms with Crippen LogP contribution in [0.15, 0.2) is 66.7 Å². The Morgan fingerprint density at radius 1 is 0.960 bits per heavy atom. The van der Waals surface area contributed by atoms with Gasteiger partial charge in [-0.05, 0) is 54.1 Å². The Morgan fingerprint density at radius 3 is 2.52 bits per heavy atom. The molecule has 3 aromatic rings. The van der Waals surface area contributed by atoms with Crippen molar-refractivity contribution in [3.05, 3.63) is 88.7 Å². The van der Waals surface area contributed by atoms with Gasteiger partial charge < -0.3 is 10.1 Å². The molecular weight excluding hydrogens is 337 g/mol. The van der Waals surface area contributed by atoms with Crippen LogP contribution in [-0.4, -0.2) is 7.05 Å². The molecular formula is C21H19ClFNO. The maximum atomic E-state index is 13.6. The largest absolute Gasteiger partial charge is 0.489 e. The normalized spacial score (nSPS) is 10.7. The quantitative estimate of drug-likeness (QED) is 0.635. The van der Waals surface area contributed by atoms with Gasteiger partial charge >= 0.3 is 0 Å². The molecule has 0 unspecified atom stereocenters. The smallest absolute Gasteiger partial charge is 0.123 e. The first-order chi connectivity index (χ1) is 12.2. The average molecular weight is 356 g/mol. The molecule has 4 heteroatoms. The Labute approximate surface area is 152 Å². The molecule has 0 amide bonds. The summed E-state index contributed by atoms with van der Waals surface area (Å²) in [5.41, 5.74) is 3.68. The number of ether oxygens (including phenoxy) is 1. The van der Waals surface area contributed by atoms with E-state index in [2.05, 4.69) is 5.32 Å². The van der Waals surface area contributed by atoms with Crippen LogP contribution in [0.3, 0.4) is 0 Å². The van der Waals surface area contributed by atoms with E-state index in [4.69, 9.17) is 16.3 Å². The van der Waals surface area contributed by atoms with Gasteiger partial charge in [0, 0.05) is 17.1 Å². The Bertz CT molecular complexity index is 852. The lowest BCUT2D eigenvalue weighted by Crippen LogP contribution is -2.07. The second-order valence-electron chi connectivity index (χ2n) is 5.75. The number of hydrogen-bond acceptors (Lipinski definition) is 2. The van der Waals surface area contributed by atoms with E-state index in [9.17, 15) is 4.39 Å². The fourth-order valence-electron chi connectivity index (χ4n) is 2.70. The molecule has 0 saturated carbocycles. The number of nitrogens with one attached hydrogen (secondary N) is 1. The Morgan fingerprint density at radius 2 is 1.76 bits per heavy atom. The van der Waals surface area contributed by atoms with Crippen LogP contribution < -0.4 is 10.1 Å². The molecule has 0 aromatic heterocycles. The second kappa shape index (κ2) is 8.15. The third-order valence-corrected chi connectivity index (χ3v) is 4.24. The minimum atomic E-state index is -0.306. The summed E-state index contributed by atoms with van der Waals surface area (Å²) in [6.45, 7) is 1.13. The zero-order valence-corrected chi connectivity index (χ0v) is 14.7. The lowest BCUT2D eigenvalue weighted by atomic mass is 9.99. The lowest BCUT2D eigenvalue weighted by Gasteiger charge is -2.14. The lowest BCUT2D eigenvalue weighted by molar-refractivity contribution is 0.306. The molecule has 3 aromatic carbocycles. The van der Waals surface area contributed by atoms with Gasteiger partial charge in [-0.3, -0.25) is 0 Å². The number of halogens is 2. The van der Waals surface area contributed by atoms with E-state index in [0.29, 0.717) is 23.7 Å². The van der Waals surface area contributed by atoms with Crippen molar-refractivity contribution in [1.82, 2.24) is 5.32 Å². The van der Waals surface area contributed by atoms with Gasteiger partial charge in [0.2, 0.25) is 0 Å². The van der Waals surface area contributed by atoms with E-state index in [0.717, 1.165) is 22.4 Å². The Balaban J connectivity index is 1.89. The maximum Gasteiger partial charge on any atom is 0.123 e. The molecule has 0 heterocycles.